The van der Waals surface area contributed by atoms with Gasteiger partial charge in [0, 0.05) is 12.1 Å². The summed E-state index contributed by atoms with van der Waals surface area (Å²) in [5.41, 5.74) is 2.17. The summed E-state index contributed by atoms with van der Waals surface area (Å²) in [5.74, 6) is 0.553. The van der Waals surface area contributed by atoms with Gasteiger partial charge in [0.1, 0.15) is 0 Å². The minimum Gasteiger partial charge on any atom is -0.313 e. The predicted octanol–water partition coefficient (Wildman–Crippen LogP) is 1.04. The number of benzene rings is 1. The fourth-order valence-electron chi connectivity index (χ4n) is 1.36. The molecule has 0 aliphatic carbocycles. The molecule has 0 saturated heterocycles. The van der Waals surface area contributed by atoms with Crippen molar-refractivity contribution in [2.75, 3.05) is 6.54 Å². The highest BCUT2D eigenvalue weighted by Crippen LogP contribution is 2.13. The molecule has 2 aromatic rings. The zero-order valence-electron chi connectivity index (χ0n) is 9.09. The Labute approximate surface area is 93.9 Å². The lowest BCUT2D eigenvalue weighted by molar-refractivity contribution is 0.727. The zero-order chi connectivity index (χ0) is 11.2. The van der Waals surface area contributed by atoms with E-state index in [1.54, 1.807) is 0 Å². The lowest BCUT2D eigenvalue weighted by Gasteiger charge is -2.02. The molecule has 5 nitrogen and oxygen atoms in total. The minimum atomic E-state index is 0.553. The Morgan fingerprint density at radius 3 is 2.38 bits per heavy atom. The van der Waals surface area contributed by atoms with Gasteiger partial charge in [-0.05, 0) is 12.1 Å². The monoisotopic (exact) mass is 215 g/mol. The predicted molar refractivity (Wildman–Crippen MR) is 60.4 cm³/mol. The first-order chi connectivity index (χ1) is 7.90. The fraction of sp³-hybridized carbons (Fsp3) is 0.273. The van der Waals surface area contributed by atoms with Crippen LogP contribution in [0.25, 0.3) is 11.4 Å². The maximum absolute atomic E-state index is 3.90. The van der Waals surface area contributed by atoms with Gasteiger partial charge >= 0.3 is 0 Å². The lowest BCUT2D eigenvalue weighted by atomic mass is 10.1. The number of aromatic nitrogens is 4. The van der Waals surface area contributed by atoms with E-state index >= 15 is 0 Å². The molecule has 82 valence electrons. The third kappa shape index (κ3) is 2.58. The molecule has 5 heteroatoms. The molecular formula is C11H13N5. The molecule has 16 heavy (non-hydrogen) atoms. The molecule has 0 atom stereocenters. The van der Waals surface area contributed by atoms with Crippen molar-refractivity contribution in [2.24, 2.45) is 0 Å². The normalized spacial score (nSPS) is 10.3. The van der Waals surface area contributed by atoms with Crippen LogP contribution in [-0.2, 0) is 6.54 Å². The molecule has 0 bridgehead atoms. The van der Waals surface area contributed by atoms with Gasteiger partial charge in [-0.3, -0.25) is 0 Å². The quantitative estimate of drug-likeness (QED) is 0.825. The summed E-state index contributed by atoms with van der Waals surface area (Å²) in [7, 11) is 0. The van der Waals surface area contributed by atoms with E-state index in [2.05, 4.69) is 32.6 Å². The van der Waals surface area contributed by atoms with Crippen LogP contribution in [0.1, 0.15) is 12.5 Å². The molecule has 0 spiro atoms. The van der Waals surface area contributed by atoms with E-state index in [1.807, 2.05) is 24.3 Å². The Kier molecular flexibility index (Phi) is 3.50. The molecule has 1 aromatic carbocycles. The highest BCUT2D eigenvalue weighted by molar-refractivity contribution is 5.53. The third-order valence-electron chi connectivity index (χ3n) is 2.20. The number of nitrogens with one attached hydrogen (secondary N) is 1. The number of hydrogen-bond acceptors (Lipinski definition) is 5. The Bertz CT molecular complexity index is 426. The Morgan fingerprint density at radius 1 is 1.06 bits per heavy atom. The van der Waals surface area contributed by atoms with Crippen LogP contribution < -0.4 is 5.32 Å². The minimum absolute atomic E-state index is 0.553. The van der Waals surface area contributed by atoms with Gasteiger partial charge in [-0.25, -0.2) is 0 Å². The Hall–Kier alpha value is -1.88. The zero-order valence-corrected chi connectivity index (χ0v) is 9.09. The summed E-state index contributed by atoms with van der Waals surface area (Å²) in [5, 5.41) is 18.5. The molecule has 0 aliphatic rings. The lowest BCUT2D eigenvalue weighted by Crippen LogP contribution is -2.11. The fourth-order valence-corrected chi connectivity index (χ4v) is 1.36. The van der Waals surface area contributed by atoms with Crippen LogP contribution in [0.5, 0.6) is 0 Å². The van der Waals surface area contributed by atoms with Gasteiger partial charge in [0.05, 0.1) is 0 Å². The second kappa shape index (κ2) is 5.27. The molecule has 1 heterocycles. The highest BCUT2D eigenvalue weighted by Gasteiger charge is 2.00. The van der Waals surface area contributed by atoms with Crippen LogP contribution in [0.15, 0.2) is 30.6 Å². The average molecular weight is 215 g/mol. The number of nitrogens with zero attached hydrogens (tertiary/aromatic N) is 4. The molecule has 1 aromatic heterocycles. The molecule has 0 fully saturated rings. The van der Waals surface area contributed by atoms with Crippen LogP contribution in [0.4, 0.5) is 0 Å². The summed E-state index contributed by atoms with van der Waals surface area (Å²) in [4.78, 5) is 0. The van der Waals surface area contributed by atoms with Gasteiger partial charge in [-0.2, -0.15) is 0 Å². The first kappa shape index (κ1) is 10.6. The largest absolute Gasteiger partial charge is 0.313 e. The van der Waals surface area contributed by atoms with Crippen LogP contribution in [-0.4, -0.2) is 26.9 Å². The van der Waals surface area contributed by atoms with Crippen LogP contribution >= 0.6 is 0 Å². The average Bonchev–Trinajstić information content (AvgIpc) is 2.38. The van der Waals surface area contributed by atoms with Gasteiger partial charge in [0.25, 0.3) is 0 Å². The van der Waals surface area contributed by atoms with E-state index in [4.69, 9.17) is 0 Å². The van der Waals surface area contributed by atoms with Crippen LogP contribution in [0, 0.1) is 0 Å². The van der Waals surface area contributed by atoms with E-state index in [0.717, 1.165) is 18.7 Å². The summed E-state index contributed by atoms with van der Waals surface area (Å²) in [6.45, 7) is 3.93. The molecular weight excluding hydrogens is 202 g/mol. The second-order valence-corrected chi connectivity index (χ2v) is 3.35. The van der Waals surface area contributed by atoms with E-state index < -0.39 is 0 Å². The van der Waals surface area contributed by atoms with Crippen molar-refractivity contribution in [1.29, 1.82) is 0 Å². The van der Waals surface area contributed by atoms with Crippen molar-refractivity contribution in [3.63, 3.8) is 0 Å². The van der Waals surface area contributed by atoms with Crippen molar-refractivity contribution in [3.05, 3.63) is 36.2 Å². The molecule has 0 radical (unpaired) electrons. The summed E-state index contributed by atoms with van der Waals surface area (Å²) < 4.78 is 0. The van der Waals surface area contributed by atoms with Crippen molar-refractivity contribution in [3.8, 4) is 11.4 Å². The van der Waals surface area contributed by atoms with E-state index in [-0.39, 0.29) is 0 Å². The first-order valence-electron chi connectivity index (χ1n) is 5.20. The summed E-state index contributed by atoms with van der Waals surface area (Å²) in [6.07, 6.45) is 1.32. The molecule has 0 amide bonds. The van der Waals surface area contributed by atoms with Gasteiger partial charge in [-0.15, -0.1) is 20.4 Å². The van der Waals surface area contributed by atoms with Crippen LogP contribution in [0.3, 0.4) is 0 Å². The van der Waals surface area contributed by atoms with Gasteiger partial charge in [0.2, 0.25) is 5.82 Å². The number of hydrogen-bond donors (Lipinski definition) is 1. The SMILES string of the molecule is CCNCc1ccc(-c2nncnn2)cc1. The van der Waals surface area contributed by atoms with Gasteiger partial charge in [-0.1, -0.05) is 31.2 Å². The van der Waals surface area contributed by atoms with E-state index in [1.165, 1.54) is 11.9 Å². The van der Waals surface area contributed by atoms with Gasteiger partial charge < -0.3 is 5.32 Å². The first-order valence-corrected chi connectivity index (χ1v) is 5.20. The van der Waals surface area contributed by atoms with E-state index in [9.17, 15) is 0 Å². The van der Waals surface area contributed by atoms with Crippen molar-refractivity contribution < 1.29 is 0 Å². The van der Waals surface area contributed by atoms with E-state index in [0.29, 0.717) is 5.82 Å². The summed E-state index contributed by atoms with van der Waals surface area (Å²) in [6, 6.07) is 8.06. The van der Waals surface area contributed by atoms with Gasteiger partial charge in [0.15, 0.2) is 6.33 Å². The Morgan fingerprint density at radius 2 is 1.75 bits per heavy atom. The number of rotatable bonds is 4. The molecule has 1 N–H and O–H groups in total. The molecule has 2 rings (SSSR count). The molecule has 0 aliphatic heterocycles. The second-order valence-electron chi connectivity index (χ2n) is 3.35. The summed E-state index contributed by atoms with van der Waals surface area (Å²) >= 11 is 0. The van der Waals surface area contributed by atoms with Crippen molar-refractivity contribution in [1.82, 2.24) is 25.7 Å². The van der Waals surface area contributed by atoms with Crippen molar-refractivity contribution >= 4 is 0 Å². The smallest absolute Gasteiger partial charge is 0.203 e. The highest BCUT2D eigenvalue weighted by atomic mass is 15.3. The molecule has 0 saturated carbocycles. The van der Waals surface area contributed by atoms with Crippen LogP contribution in [0.2, 0.25) is 0 Å². The Balaban J connectivity index is 2.13. The standard InChI is InChI=1S/C11H13N5/c1-2-12-7-9-3-5-10(6-4-9)11-15-13-8-14-16-11/h3-6,8,12H,2,7H2,1H3. The molecule has 0 unspecified atom stereocenters. The maximum atomic E-state index is 3.90. The maximum Gasteiger partial charge on any atom is 0.203 e. The van der Waals surface area contributed by atoms with Crippen molar-refractivity contribution in [2.45, 2.75) is 13.5 Å². The third-order valence-corrected chi connectivity index (χ3v) is 2.20. The topological polar surface area (TPSA) is 63.6 Å².